The number of nitrogens with two attached hydrogens (primary N) is 1. The molecule has 0 rings (SSSR count). The molecule has 0 aliphatic rings. The van der Waals surface area contributed by atoms with Gasteiger partial charge in [0.15, 0.2) is 0 Å². The third-order valence-corrected chi connectivity index (χ3v) is 6.07. The second-order valence-electron chi connectivity index (χ2n) is 4.81. The Morgan fingerprint density at radius 1 is 1.05 bits per heavy atom. The molecule has 3 N–H and O–H groups in total. The summed E-state index contributed by atoms with van der Waals surface area (Å²) in [7, 11) is -1.91. The van der Waals surface area contributed by atoms with Crippen molar-refractivity contribution >= 4 is 14.6 Å². The van der Waals surface area contributed by atoms with Gasteiger partial charge in [-0.15, -0.1) is 0 Å². The van der Waals surface area contributed by atoms with Gasteiger partial charge in [0.05, 0.1) is 0 Å². The molecular weight excluding hydrogens is 260 g/mol. The number of carbonyl (C=O) groups excluding carboxylic acids is 1. The van der Waals surface area contributed by atoms with E-state index in [0.29, 0.717) is 6.54 Å². The zero-order chi connectivity index (χ0) is 14.6. The Labute approximate surface area is 118 Å². The smallest absolute Gasteiger partial charge is 0.334 e. The molecule has 0 saturated carbocycles. The lowest BCUT2D eigenvalue weighted by molar-refractivity contribution is 0.188. The minimum atomic E-state index is -1.91. The normalized spacial score (nSPS) is 11.5. The van der Waals surface area contributed by atoms with E-state index >= 15 is 0 Å². The van der Waals surface area contributed by atoms with Crippen molar-refractivity contribution in [2.45, 2.75) is 58.5 Å². The number of primary amides is 1. The van der Waals surface area contributed by atoms with Crippen LogP contribution in [-0.2, 0) is 8.85 Å². The SMILES string of the molecule is CCO[Si](C)(CCCCCCCNC(N)=O)OCC. The van der Waals surface area contributed by atoms with Gasteiger partial charge in [-0.2, -0.15) is 0 Å². The molecule has 2 amide bonds. The van der Waals surface area contributed by atoms with Gasteiger partial charge in [-0.25, -0.2) is 4.79 Å². The highest BCUT2D eigenvalue weighted by molar-refractivity contribution is 6.66. The average Bonchev–Trinajstić information content (AvgIpc) is 2.33. The summed E-state index contributed by atoms with van der Waals surface area (Å²) in [6, 6.07) is 0.629. The van der Waals surface area contributed by atoms with Gasteiger partial charge in [0.2, 0.25) is 0 Å². The highest BCUT2D eigenvalue weighted by atomic mass is 28.4. The minimum Gasteiger partial charge on any atom is -0.395 e. The van der Waals surface area contributed by atoms with Crippen LogP contribution in [0.4, 0.5) is 4.79 Å². The number of carbonyl (C=O) groups is 1. The number of rotatable bonds is 12. The molecule has 0 bridgehead atoms. The number of hydrogen-bond donors (Lipinski definition) is 2. The Morgan fingerprint density at radius 2 is 1.58 bits per heavy atom. The molecule has 0 aromatic carbocycles. The predicted molar refractivity (Wildman–Crippen MR) is 80.3 cm³/mol. The first-order valence-electron chi connectivity index (χ1n) is 7.35. The van der Waals surface area contributed by atoms with E-state index in [1.54, 1.807) is 0 Å². The molecule has 19 heavy (non-hydrogen) atoms. The largest absolute Gasteiger partial charge is 0.395 e. The summed E-state index contributed by atoms with van der Waals surface area (Å²) in [5.41, 5.74) is 4.99. The lowest BCUT2D eigenvalue weighted by atomic mass is 10.1. The Hall–Kier alpha value is -0.593. The van der Waals surface area contributed by atoms with E-state index in [9.17, 15) is 4.79 Å². The Bertz CT molecular complexity index is 234. The van der Waals surface area contributed by atoms with Crippen LogP contribution in [0.1, 0.15) is 46.0 Å². The van der Waals surface area contributed by atoms with Crippen molar-refractivity contribution in [2.24, 2.45) is 5.73 Å². The number of urea groups is 1. The fourth-order valence-electron chi connectivity index (χ4n) is 2.11. The lowest BCUT2D eigenvalue weighted by Crippen LogP contribution is -2.38. The van der Waals surface area contributed by atoms with Crippen LogP contribution in [0.5, 0.6) is 0 Å². The fourth-order valence-corrected chi connectivity index (χ4v) is 4.60. The zero-order valence-corrected chi connectivity index (χ0v) is 13.7. The van der Waals surface area contributed by atoms with Gasteiger partial charge in [-0.1, -0.05) is 25.7 Å². The van der Waals surface area contributed by atoms with E-state index in [1.807, 2.05) is 13.8 Å². The van der Waals surface area contributed by atoms with E-state index in [0.717, 1.165) is 38.5 Å². The highest BCUT2D eigenvalue weighted by Gasteiger charge is 2.29. The number of hydrogen-bond acceptors (Lipinski definition) is 3. The summed E-state index contributed by atoms with van der Waals surface area (Å²) in [5, 5.41) is 2.60. The molecule has 0 aliphatic carbocycles. The first-order chi connectivity index (χ1) is 9.04. The molecule has 114 valence electrons. The molecule has 0 atom stereocenters. The van der Waals surface area contributed by atoms with Crippen LogP contribution in [0.15, 0.2) is 0 Å². The van der Waals surface area contributed by atoms with Crippen molar-refractivity contribution in [3.8, 4) is 0 Å². The maximum absolute atomic E-state index is 10.5. The number of unbranched alkanes of at least 4 members (excludes halogenated alkanes) is 4. The molecule has 0 aromatic rings. The van der Waals surface area contributed by atoms with Crippen molar-refractivity contribution in [2.75, 3.05) is 19.8 Å². The van der Waals surface area contributed by atoms with Crippen LogP contribution < -0.4 is 11.1 Å². The van der Waals surface area contributed by atoms with Crippen LogP contribution in [-0.4, -0.2) is 34.4 Å². The van der Waals surface area contributed by atoms with Crippen molar-refractivity contribution < 1.29 is 13.6 Å². The van der Waals surface area contributed by atoms with Crippen molar-refractivity contribution in [1.82, 2.24) is 5.32 Å². The Balaban J connectivity index is 3.52. The predicted octanol–water partition coefficient (Wildman–Crippen LogP) is 2.75. The van der Waals surface area contributed by atoms with E-state index < -0.39 is 14.6 Å². The molecule has 0 aliphatic heterocycles. The first-order valence-corrected chi connectivity index (χ1v) is 9.87. The second kappa shape index (κ2) is 11.3. The standard InChI is InChI=1S/C13H30N2O3Si/c1-4-17-19(3,18-5-2)12-10-8-6-7-9-11-15-13(14)16/h4-12H2,1-3H3,(H3,14,15,16). The van der Waals surface area contributed by atoms with Crippen molar-refractivity contribution in [3.05, 3.63) is 0 Å². The minimum absolute atomic E-state index is 0.435. The summed E-state index contributed by atoms with van der Waals surface area (Å²) < 4.78 is 11.6. The van der Waals surface area contributed by atoms with Gasteiger partial charge in [0.1, 0.15) is 0 Å². The lowest BCUT2D eigenvalue weighted by Gasteiger charge is -2.25. The average molecular weight is 290 g/mol. The van der Waals surface area contributed by atoms with Crippen LogP contribution >= 0.6 is 0 Å². The summed E-state index contributed by atoms with van der Waals surface area (Å²) in [5.74, 6) is 0. The number of amides is 2. The van der Waals surface area contributed by atoms with E-state index in [2.05, 4.69) is 11.9 Å². The summed E-state index contributed by atoms with van der Waals surface area (Å²) in [6.45, 7) is 8.35. The molecule has 5 nitrogen and oxygen atoms in total. The fraction of sp³-hybridized carbons (Fsp3) is 0.923. The molecule has 0 fully saturated rings. The summed E-state index contributed by atoms with van der Waals surface area (Å²) in [6.07, 6.45) is 5.66. The van der Waals surface area contributed by atoms with Crippen LogP contribution in [0.25, 0.3) is 0 Å². The molecule has 6 heteroatoms. The van der Waals surface area contributed by atoms with Gasteiger partial charge < -0.3 is 19.9 Å². The van der Waals surface area contributed by atoms with Gasteiger partial charge in [0, 0.05) is 19.8 Å². The topological polar surface area (TPSA) is 73.6 Å². The molecular formula is C13H30N2O3Si. The van der Waals surface area contributed by atoms with Gasteiger partial charge in [0.25, 0.3) is 0 Å². The zero-order valence-electron chi connectivity index (χ0n) is 12.7. The quantitative estimate of drug-likeness (QED) is 0.429. The van der Waals surface area contributed by atoms with Crippen molar-refractivity contribution in [3.63, 3.8) is 0 Å². The van der Waals surface area contributed by atoms with Crippen LogP contribution in [0, 0.1) is 0 Å². The maximum atomic E-state index is 10.5. The summed E-state index contributed by atoms with van der Waals surface area (Å²) in [4.78, 5) is 10.5. The second-order valence-corrected chi connectivity index (χ2v) is 8.15. The summed E-state index contributed by atoms with van der Waals surface area (Å²) >= 11 is 0. The van der Waals surface area contributed by atoms with Crippen LogP contribution in [0.3, 0.4) is 0 Å². The molecule has 0 aromatic heterocycles. The monoisotopic (exact) mass is 290 g/mol. The Kier molecular flexibility index (Phi) is 10.9. The highest BCUT2D eigenvalue weighted by Crippen LogP contribution is 2.18. The molecule has 0 heterocycles. The Morgan fingerprint density at radius 3 is 2.11 bits per heavy atom. The molecule has 0 unspecified atom stereocenters. The van der Waals surface area contributed by atoms with E-state index in [-0.39, 0.29) is 0 Å². The first kappa shape index (κ1) is 18.4. The molecule has 0 spiro atoms. The maximum Gasteiger partial charge on any atom is 0.334 e. The molecule has 0 saturated heterocycles. The van der Waals surface area contributed by atoms with Crippen LogP contribution in [0.2, 0.25) is 12.6 Å². The van der Waals surface area contributed by atoms with Gasteiger partial charge in [-0.05, 0) is 32.9 Å². The van der Waals surface area contributed by atoms with E-state index in [4.69, 9.17) is 14.6 Å². The third-order valence-electron chi connectivity index (χ3n) is 3.01. The van der Waals surface area contributed by atoms with Gasteiger partial charge in [-0.3, -0.25) is 0 Å². The van der Waals surface area contributed by atoms with E-state index in [1.165, 1.54) is 12.8 Å². The molecule has 0 radical (unpaired) electrons. The van der Waals surface area contributed by atoms with Gasteiger partial charge >= 0.3 is 14.6 Å². The van der Waals surface area contributed by atoms with Crippen molar-refractivity contribution in [1.29, 1.82) is 0 Å². The number of nitrogens with one attached hydrogen (secondary N) is 1. The third kappa shape index (κ3) is 11.0.